The Morgan fingerprint density at radius 3 is 2.18 bits per heavy atom. The minimum Gasteiger partial charge on any atom is -0.399 e. The van der Waals surface area contributed by atoms with Gasteiger partial charge in [-0.25, -0.2) is 0 Å². The molecule has 2 fully saturated rings. The van der Waals surface area contributed by atoms with Gasteiger partial charge < -0.3 is 19.1 Å². The number of anilines is 1. The standard InChI is InChI=1S/C16H26BN3O2/c1-15(2)16(3,4)22-17(21-15)13-10-14(12-18-11-13)20-8-6-19(5)7-9-20/h10-12H,6-9H2,1-5H3. The summed E-state index contributed by atoms with van der Waals surface area (Å²) in [5, 5.41) is 0. The van der Waals surface area contributed by atoms with Gasteiger partial charge in [0.25, 0.3) is 0 Å². The third-order valence-corrected chi connectivity index (χ3v) is 5.14. The maximum absolute atomic E-state index is 6.12. The highest BCUT2D eigenvalue weighted by Gasteiger charge is 2.51. The molecule has 0 aliphatic carbocycles. The van der Waals surface area contributed by atoms with Crippen LogP contribution in [0.5, 0.6) is 0 Å². The van der Waals surface area contributed by atoms with E-state index in [4.69, 9.17) is 9.31 Å². The molecule has 0 spiro atoms. The van der Waals surface area contributed by atoms with Gasteiger partial charge in [0.15, 0.2) is 0 Å². The molecule has 3 rings (SSSR count). The summed E-state index contributed by atoms with van der Waals surface area (Å²) in [6, 6.07) is 2.15. The van der Waals surface area contributed by atoms with E-state index in [1.54, 1.807) is 0 Å². The summed E-state index contributed by atoms with van der Waals surface area (Å²) in [5.74, 6) is 0. The highest BCUT2D eigenvalue weighted by atomic mass is 16.7. The van der Waals surface area contributed by atoms with Crippen molar-refractivity contribution in [2.75, 3.05) is 38.1 Å². The van der Waals surface area contributed by atoms with Crippen LogP contribution >= 0.6 is 0 Å². The van der Waals surface area contributed by atoms with E-state index >= 15 is 0 Å². The second-order valence-electron chi connectivity index (χ2n) is 7.36. The molecule has 120 valence electrons. The number of nitrogens with zero attached hydrogens (tertiary/aromatic N) is 3. The molecule has 1 aromatic heterocycles. The van der Waals surface area contributed by atoms with Crippen LogP contribution in [-0.4, -0.2) is 61.4 Å². The Balaban J connectivity index is 1.78. The molecule has 0 aromatic carbocycles. The first-order valence-electron chi connectivity index (χ1n) is 8.03. The van der Waals surface area contributed by atoms with E-state index in [9.17, 15) is 0 Å². The van der Waals surface area contributed by atoms with E-state index in [0.717, 1.165) is 37.3 Å². The van der Waals surface area contributed by atoms with Crippen LogP contribution in [0.4, 0.5) is 5.69 Å². The number of likely N-dealkylation sites (N-methyl/N-ethyl adjacent to an activating group) is 1. The molecule has 6 heteroatoms. The zero-order valence-corrected chi connectivity index (χ0v) is 14.3. The Bertz CT molecular complexity index is 526. The van der Waals surface area contributed by atoms with Crippen molar-refractivity contribution in [3.8, 4) is 0 Å². The van der Waals surface area contributed by atoms with Crippen LogP contribution in [0.25, 0.3) is 0 Å². The highest BCUT2D eigenvalue weighted by molar-refractivity contribution is 6.62. The van der Waals surface area contributed by atoms with Gasteiger partial charge in [0, 0.05) is 37.8 Å². The monoisotopic (exact) mass is 303 g/mol. The molecule has 0 unspecified atom stereocenters. The Morgan fingerprint density at radius 2 is 1.59 bits per heavy atom. The number of pyridine rings is 1. The molecule has 2 aliphatic heterocycles. The third kappa shape index (κ3) is 2.87. The Hall–Kier alpha value is -1.11. The van der Waals surface area contributed by atoms with Gasteiger partial charge in [-0.3, -0.25) is 4.98 Å². The zero-order chi connectivity index (χ0) is 16.0. The summed E-state index contributed by atoms with van der Waals surface area (Å²) in [6.45, 7) is 12.5. The highest BCUT2D eigenvalue weighted by Crippen LogP contribution is 2.36. The number of rotatable bonds is 2. The Kier molecular flexibility index (Phi) is 3.95. The molecule has 2 aliphatic rings. The normalized spacial score (nSPS) is 24.8. The van der Waals surface area contributed by atoms with Gasteiger partial charge in [0.1, 0.15) is 0 Å². The average molecular weight is 303 g/mol. The van der Waals surface area contributed by atoms with Crippen LogP contribution in [0.3, 0.4) is 0 Å². The molecular formula is C16H26BN3O2. The lowest BCUT2D eigenvalue weighted by Gasteiger charge is -2.34. The topological polar surface area (TPSA) is 37.8 Å². The second kappa shape index (κ2) is 5.51. The quantitative estimate of drug-likeness (QED) is 0.766. The van der Waals surface area contributed by atoms with Gasteiger partial charge in [-0.05, 0) is 40.8 Å². The largest absolute Gasteiger partial charge is 0.496 e. The van der Waals surface area contributed by atoms with Crippen LogP contribution in [0.1, 0.15) is 27.7 Å². The van der Waals surface area contributed by atoms with Gasteiger partial charge in [0.2, 0.25) is 0 Å². The van der Waals surface area contributed by atoms with Gasteiger partial charge in [-0.1, -0.05) is 0 Å². The summed E-state index contributed by atoms with van der Waals surface area (Å²) < 4.78 is 12.2. The summed E-state index contributed by atoms with van der Waals surface area (Å²) >= 11 is 0. The molecule has 0 amide bonds. The molecule has 2 saturated heterocycles. The zero-order valence-electron chi connectivity index (χ0n) is 14.3. The molecule has 3 heterocycles. The van der Waals surface area contributed by atoms with Crippen LogP contribution in [0.15, 0.2) is 18.5 Å². The Morgan fingerprint density at radius 1 is 1.00 bits per heavy atom. The fourth-order valence-corrected chi connectivity index (χ4v) is 2.79. The molecule has 0 atom stereocenters. The second-order valence-corrected chi connectivity index (χ2v) is 7.36. The van der Waals surface area contributed by atoms with Crippen LogP contribution in [0, 0.1) is 0 Å². The molecule has 1 aromatic rings. The summed E-state index contributed by atoms with van der Waals surface area (Å²) in [5.41, 5.74) is 1.51. The smallest absolute Gasteiger partial charge is 0.399 e. The Labute approximate surface area is 133 Å². The SMILES string of the molecule is CN1CCN(c2cncc(B3OC(C)(C)C(C)(C)O3)c2)CC1. The molecule has 5 nitrogen and oxygen atoms in total. The summed E-state index contributed by atoms with van der Waals surface area (Å²) in [4.78, 5) is 9.13. The van der Waals surface area contributed by atoms with E-state index in [-0.39, 0.29) is 18.3 Å². The third-order valence-electron chi connectivity index (χ3n) is 5.14. The molecule has 22 heavy (non-hydrogen) atoms. The van der Waals surface area contributed by atoms with Crippen molar-refractivity contribution >= 4 is 18.3 Å². The van der Waals surface area contributed by atoms with Gasteiger partial charge in [-0.2, -0.15) is 0 Å². The van der Waals surface area contributed by atoms with Crippen molar-refractivity contribution < 1.29 is 9.31 Å². The van der Waals surface area contributed by atoms with Crippen molar-refractivity contribution in [1.29, 1.82) is 0 Å². The minimum atomic E-state index is -0.343. The van der Waals surface area contributed by atoms with Crippen molar-refractivity contribution in [1.82, 2.24) is 9.88 Å². The first kappa shape index (κ1) is 15.8. The number of piperazine rings is 1. The van der Waals surface area contributed by atoms with E-state index in [1.807, 2.05) is 12.4 Å². The number of aromatic nitrogens is 1. The van der Waals surface area contributed by atoms with Crippen LogP contribution in [0.2, 0.25) is 0 Å². The maximum Gasteiger partial charge on any atom is 0.496 e. The molecule has 0 saturated carbocycles. The minimum absolute atomic E-state index is 0.318. The first-order valence-corrected chi connectivity index (χ1v) is 8.03. The van der Waals surface area contributed by atoms with Crippen molar-refractivity contribution in [2.45, 2.75) is 38.9 Å². The predicted molar refractivity (Wildman–Crippen MR) is 89.7 cm³/mol. The van der Waals surface area contributed by atoms with Crippen molar-refractivity contribution in [3.05, 3.63) is 18.5 Å². The van der Waals surface area contributed by atoms with E-state index in [0.29, 0.717) is 0 Å². The predicted octanol–water partition coefficient (Wildman–Crippen LogP) is 1.13. The molecule has 0 bridgehead atoms. The lowest BCUT2D eigenvalue weighted by molar-refractivity contribution is 0.00578. The summed E-state index contributed by atoms with van der Waals surface area (Å²) in [7, 11) is 1.82. The molecule has 0 N–H and O–H groups in total. The number of hydrogen-bond donors (Lipinski definition) is 0. The van der Waals surface area contributed by atoms with Crippen molar-refractivity contribution in [3.63, 3.8) is 0 Å². The van der Waals surface area contributed by atoms with E-state index < -0.39 is 0 Å². The van der Waals surface area contributed by atoms with Gasteiger partial charge in [0.05, 0.1) is 23.1 Å². The number of hydrogen-bond acceptors (Lipinski definition) is 5. The van der Waals surface area contributed by atoms with Gasteiger partial charge in [-0.15, -0.1) is 0 Å². The van der Waals surface area contributed by atoms with Gasteiger partial charge >= 0.3 is 7.12 Å². The van der Waals surface area contributed by atoms with Crippen LogP contribution in [-0.2, 0) is 9.31 Å². The first-order chi connectivity index (χ1) is 10.3. The fourth-order valence-electron chi connectivity index (χ4n) is 2.79. The maximum atomic E-state index is 6.12. The molecular weight excluding hydrogens is 277 g/mol. The lowest BCUT2D eigenvalue weighted by atomic mass is 9.80. The van der Waals surface area contributed by atoms with Crippen molar-refractivity contribution in [2.24, 2.45) is 0 Å². The molecule has 0 radical (unpaired) electrons. The lowest BCUT2D eigenvalue weighted by Crippen LogP contribution is -2.45. The summed E-state index contributed by atoms with van der Waals surface area (Å²) in [6.07, 6.45) is 3.78. The van der Waals surface area contributed by atoms with E-state index in [1.165, 1.54) is 0 Å². The van der Waals surface area contributed by atoms with E-state index in [2.05, 4.69) is 55.6 Å². The average Bonchev–Trinajstić information content (AvgIpc) is 2.68. The fraction of sp³-hybridized carbons (Fsp3) is 0.688. The van der Waals surface area contributed by atoms with Crippen LogP contribution < -0.4 is 10.4 Å².